The van der Waals surface area contributed by atoms with E-state index < -0.39 is 17.0 Å². The van der Waals surface area contributed by atoms with Crippen LogP contribution in [0.25, 0.3) is 0 Å². The summed E-state index contributed by atoms with van der Waals surface area (Å²) in [5.74, 6) is -0.380. The molecule has 0 aromatic carbocycles. The largest absolute Gasteiger partial charge is 0.368 e. The van der Waals surface area contributed by atoms with Gasteiger partial charge in [0.2, 0.25) is 17.7 Å². The fourth-order valence-electron chi connectivity index (χ4n) is 5.35. The van der Waals surface area contributed by atoms with E-state index in [0.717, 1.165) is 32.2 Å². The van der Waals surface area contributed by atoms with E-state index in [0.29, 0.717) is 38.8 Å². The molecule has 0 unspecified atom stereocenters. The Morgan fingerprint density at radius 1 is 1.08 bits per heavy atom. The molecule has 0 bridgehead atoms. The van der Waals surface area contributed by atoms with E-state index in [1.807, 2.05) is 4.90 Å². The van der Waals surface area contributed by atoms with Gasteiger partial charge >= 0.3 is 0 Å². The Morgan fingerprint density at radius 3 is 2.52 bits per heavy atom. The molecule has 4 aliphatic heterocycles. The van der Waals surface area contributed by atoms with Crippen LogP contribution in [0.4, 0.5) is 0 Å². The molecule has 4 fully saturated rings. The molecule has 0 aliphatic carbocycles. The Kier molecular flexibility index (Phi) is 4.75. The molecule has 3 atom stereocenters. The van der Waals surface area contributed by atoms with E-state index in [1.165, 1.54) is 0 Å². The van der Waals surface area contributed by atoms with Crippen LogP contribution in [0, 0.1) is 0 Å². The average molecular weight is 371 g/mol. The van der Waals surface area contributed by atoms with Crippen molar-refractivity contribution in [1.29, 1.82) is 0 Å². The molecule has 25 heavy (non-hydrogen) atoms. The Hall–Kier alpha value is -1.34. The normalized spacial score (nSPS) is 37.3. The molecule has 7 nitrogen and oxygen atoms in total. The predicted molar refractivity (Wildman–Crippen MR) is 94.1 cm³/mol. The second kappa shape index (κ2) is 6.43. The maximum absolute atomic E-state index is 13.4. The minimum atomic E-state index is -0.814. The lowest BCUT2D eigenvalue weighted by Gasteiger charge is -2.50. The fraction of sp³-hybridized carbons (Fsp3) is 0.824. The van der Waals surface area contributed by atoms with Crippen molar-refractivity contribution in [1.82, 2.24) is 15.1 Å². The molecule has 4 heterocycles. The Morgan fingerprint density at radius 2 is 1.84 bits per heavy atom. The van der Waals surface area contributed by atoms with E-state index in [2.05, 4.69) is 5.32 Å². The third-order valence-electron chi connectivity index (χ3n) is 6.66. The molecule has 0 radical (unpaired) electrons. The summed E-state index contributed by atoms with van der Waals surface area (Å²) in [6.07, 6.45) is 6.00. The third kappa shape index (κ3) is 2.46. The van der Waals surface area contributed by atoms with Crippen molar-refractivity contribution in [3.63, 3.8) is 0 Å². The lowest BCUT2D eigenvalue weighted by atomic mass is 9.75. The first kappa shape index (κ1) is 18.5. The van der Waals surface area contributed by atoms with Gasteiger partial charge < -0.3 is 20.9 Å². The van der Waals surface area contributed by atoms with Crippen molar-refractivity contribution in [3.8, 4) is 0 Å². The summed E-state index contributed by atoms with van der Waals surface area (Å²) < 4.78 is 0. The van der Waals surface area contributed by atoms with Crippen LogP contribution in [-0.4, -0.2) is 64.3 Å². The second-order valence-electron chi connectivity index (χ2n) is 7.73. The van der Waals surface area contributed by atoms with E-state index in [9.17, 15) is 14.4 Å². The lowest BCUT2D eigenvalue weighted by Crippen LogP contribution is -2.70. The smallest absolute Gasteiger partial charge is 0.249 e. The number of piperidine rings is 1. The maximum Gasteiger partial charge on any atom is 0.249 e. The van der Waals surface area contributed by atoms with Gasteiger partial charge in [-0.1, -0.05) is 0 Å². The highest BCUT2D eigenvalue weighted by Crippen LogP contribution is 2.47. The number of carbonyl (C=O) groups is 3. The number of halogens is 1. The molecule has 1 spiro atoms. The minimum Gasteiger partial charge on any atom is -0.368 e. The van der Waals surface area contributed by atoms with E-state index >= 15 is 0 Å². The molecule has 3 N–H and O–H groups in total. The molecule has 4 saturated heterocycles. The number of hydrogen-bond donors (Lipinski definition) is 2. The zero-order valence-electron chi connectivity index (χ0n) is 14.5. The van der Waals surface area contributed by atoms with Crippen molar-refractivity contribution >= 4 is 30.1 Å². The van der Waals surface area contributed by atoms with Gasteiger partial charge in [0.05, 0.1) is 6.04 Å². The number of nitrogens with zero attached hydrogens (tertiary/aromatic N) is 2. The third-order valence-corrected chi connectivity index (χ3v) is 6.66. The molecule has 0 aromatic heterocycles. The van der Waals surface area contributed by atoms with Crippen LogP contribution < -0.4 is 11.1 Å². The van der Waals surface area contributed by atoms with Gasteiger partial charge in [0.1, 0.15) is 11.1 Å². The first-order valence-electron chi connectivity index (χ1n) is 9.18. The van der Waals surface area contributed by atoms with Crippen LogP contribution >= 0.6 is 12.4 Å². The molecular formula is C17H27ClN4O3. The van der Waals surface area contributed by atoms with Gasteiger partial charge in [-0.3, -0.25) is 14.4 Å². The van der Waals surface area contributed by atoms with E-state index in [-0.39, 0.29) is 30.3 Å². The van der Waals surface area contributed by atoms with Gasteiger partial charge in [0.15, 0.2) is 0 Å². The lowest BCUT2D eigenvalue weighted by molar-refractivity contribution is -0.165. The van der Waals surface area contributed by atoms with Gasteiger partial charge in [0, 0.05) is 13.1 Å². The number of nitrogens with one attached hydrogen (secondary N) is 1. The first-order valence-corrected chi connectivity index (χ1v) is 9.18. The summed E-state index contributed by atoms with van der Waals surface area (Å²) in [4.78, 5) is 41.9. The summed E-state index contributed by atoms with van der Waals surface area (Å²) in [6, 6.07) is -0.158. The highest BCUT2D eigenvalue weighted by molar-refractivity contribution is 5.99. The topological polar surface area (TPSA) is 95.7 Å². The highest BCUT2D eigenvalue weighted by Gasteiger charge is 2.62. The second-order valence-corrected chi connectivity index (χ2v) is 7.73. The van der Waals surface area contributed by atoms with Crippen LogP contribution in [0.2, 0.25) is 0 Å². The number of fused-ring (bicyclic) bond motifs is 1. The van der Waals surface area contributed by atoms with Crippen molar-refractivity contribution in [2.75, 3.05) is 19.6 Å². The Bertz CT molecular complexity index is 594. The Balaban J connectivity index is 0.00000182. The molecule has 4 rings (SSSR count). The van der Waals surface area contributed by atoms with Crippen molar-refractivity contribution in [2.45, 2.75) is 68.5 Å². The summed E-state index contributed by atoms with van der Waals surface area (Å²) in [6.45, 7) is 2.08. The molecule has 140 valence electrons. The van der Waals surface area contributed by atoms with Crippen LogP contribution in [0.5, 0.6) is 0 Å². The maximum atomic E-state index is 13.4. The summed E-state index contributed by atoms with van der Waals surface area (Å²) in [7, 11) is 0. The van der Waals surface area contributed by atoms with Gasteiger partial charge in [-0.15, -0.1) is 12.4 Å². The predicted octanol–water partition coefficient (Wildman–Crippen LogP) is 0.162. The number of likely N-dealkylation sites (tertiary alicyclic amines) is 1. The zero-order valence-corrected chi connectivity index (χ0v) is 15.3. The standard InChI is InChI=1S/C17H26N4O3.ClH/c18-14(23)16-5-2-11-21(16)15(24)17(8-7-16)6-3-10-20(17)13(22)12-4-1-9-19-12;/h12,19H,1-11H2,(H2,18,23);1H/t12-,16+,17+;/m0./s1. The van der Waals surface area contributed by atoms with Crippen LogP contribution in [0.15, 0.2) is 0 Å². The Labute approximate surface area is 154 Å². The quantitative estimate of drug-likeness (QED) is 0.723. The van der Waals surface area contributed by atoms with Gasteiger partial charge in [-0.25, -0.2) is 0 Å². The van der Waals surface area contributed by atoms with Gasteiger partial charge in [-0.05, 0) is 57.9 Å². The monoisotopic (exact) mass is 370 g/mol. The molecule has 0 aromatic rings. The highest BCUT2D eigenvalue weighted by atomic mass is 35.5. The zero-order chi connectivity index (χ0) is 16.9. The molecule has 0 saturated carbocycles. The number of rotatable bonds is 2. The van der Waals surface area contributed by atoms with Crippen molar-refractivity contribution in [2.24, 2.45) is 5.73 Å². The van der Waals surface area contributed by atoms with Crippen molar-refractivity contribution < 1.29 is 14.4 Å². The first-order chi connectivity index (χ1) is 11.5. The number of primary amides is 1. The van der Waals surface area contributed by atoms with Crippen molar-refractivity contribution in [3.05, 3.63) is 0 Å². The average Bonchev–Trinajstić information content (AvgIpc) is 3.30. The van der Waals surface area contributed by atoms with Crippen LogP contribution in [0.3, 0.4) is 0 Å². The van der Waals surface area contributed by atoms with Crippen LogP contribution in [0.1, 0.15) is 51.4 Å². The molecular weight excluding hydrogens is 344 g/mol. The SMILES string of the molecule is Cl.NC(=O)[C@]12CCCN1C(=O)[C@@]1(CCCN1C(=O)[C@@H]1CCCN1)CC2. The molecule has 3 amide bonds. The van der Waals surface area contributed by atoms with Crippen LogP contribution in [-0.2, 0) is 14.4 Å². The van der Waals surface area contributed by atoms with E-state index in [4.69, 9.17) is 5.73 Å². The van der Waals surface area contributed by atoms with Gasteiger partial charge in [0.25, 0.3) is 0 Å². The number of amides is 3. The minimum absolute atomic E-state index is 0. The summed E-state index contributed by atoms with van der Waals surface area (Å²) in [5.41, 5.74) is 4.10. The summed E-state index contributed by atoms with van der Waals surface area (Å²) in [5, 5.41) is 3.25. The number of carbonyl (C=O) groups excluding carboxylic acids is 3. The molecule has 4 aliphatic rings. The van der Waals surface area contributed by atoms with E-state index in [1.54, 1.807) is 4.90 Å². The molecule has 8 heteroatoms. The number of nitrogens with two attached hydrogens (primary N) is 1. The number of hydrogen-bond acceptors (Lipinski definition) is 4. The van der Waals surface area contributed by atoms with Gasteiger partial charge in [-0.2, -0.15) is 0 Å². The fourth-order valence-corrected chi connectivity index (χ4v) is 5.35. The summed E-state index contributed by atoms with van der Waals surface area (Å²) >= 11 is 0.